The lowest BCUT2D eigenvalue weighted by molar-refractivity contribution is -0.117. The number of anilines is 3. The molecule has 1 aliphatic rings. The number of hydrogen-bond acceptors (Lipinski definition) is 4. The first-order chi connectivity index (χ1) is 12.3. The molecule has 3 rings (SSSR count). The summed E-state index contributed by atoms with van der Waals surface area (Å²) in [7, 11) is -3.35. The summed E-state index contributed by atoms with van der Waals surface area (Å²) in [6.45, 7) is 0.721. The van der Waals surface area contributed by atoms with Crippen molar-refractivity contribution in [3.05, 3.63) is 54.1 Å². The third-order valence-corrected chi connectivity index (χ3v) is 4.57. The minimum Gasteiger partial charge on any atom is -0.322 e. The molecule has 2 amide bonds. The Kier molecular flexibility index (Phi) is 4.94. The van der Waals surface area contributed by atoms with E-state index < -0.39 is 10.0 Å². The molecule has 1 heterocycles. The average molecular weight is 373 g/mol. The summed E-state index contributed by atoms with van der Waals surface area (Å²) in [4.78, 5) is 25.8. The van der Waals surface area contributed by atoms with Crippen molar-refractivity contribution >= 4 is 38.9 Å². The number of nitrogens with zero attached hydrogens (tertiary/aromatic N) is 1. The van der Waals surface area contributed by atoms with Crippen molar-refractivity contribution in [3.8, 4) is 0 Å². The van der Waals surface area contributed by atoms with E-state index in [1.807, 2.05) is 0 Å². The molecule has 2 aromatic carbocycles. The number of nitrogens with one attached hydrogen (secondary N) is 2. The lowest BCUT2D eigenvalue weighted by Crippen LogP contribution is -2.23. The van der Waals surface area contributed by atoms with Gasteiger partial charge in [-0.15, -0.1) is 0 Å². The van der Waals surface area contributed by atoms with Gasteiger partial charge >= 0.3 is 0 Å². The summed E-state index contributed by atoms with van der Waals surface area (Å²) >= 11 is 0. The maximum absolute atomic E-state index is 12.3. The molecule has 1 saturated heterocycles. The fourth-order valence-electron chi connectivity index (χ4n) is 2.75. The smallest absolute Gasteiger partial charge is 0.255 e. The number of hydrogen-bond donors (Lipinski definition) is 2. The van der Waals surface area contributed by atoms with Crippen LogP contribution in [0.25, 0.3) is 0 Å². The molecule has 0 radical (unpaired) electrons. The Morgan fingerprint density at radius 1 is 1.00 bits per heavy atom. The Morgan fingerprint density at radius 3 is 2.15 bits per heavy atom. The van der Waals surface area contributed by atoms with Crippen LogP contribution < -0.4 is 14.9 Å². The van der Waals surface area contributed by atoms with E-state index in [1.165, 1.54) is 12.1 Å². The molecule has 7 nitrogen and oxygen atoms in total. The average Bonchev–Trinajstić information content (AvgIpc) is 3.01. The summed E-state index contributed by atoms with van der Waals surface area (Å²) in [6.07, 6.45) is 2.50. The molecule has 0 unspecified atom stereocenters. The van der Waals surface area contributed by atoms with E-state index in [0.29, 0.717) is 23.4 Å². The van der Waals surface area contributed by atoms with E-state index in [-0.39, 0.29) is 11.8 Å². The third kappa shape index (κ3) is 4.40. The Bertz CT molecular complexity index is 922. The zero-order valence-corrected chi connectivity index (χ0v) is 15.0. The van der Waals surface area contributed by atoms with Crippen LogP contribution in [0.1, 0.15) is 23.2 Å². The predicted octanol–water partition coefficient (Wildman–Crippen LogP) is 2.44. The lowest BCUT2D eigenvalue weighted by Gasteiger charge is -2.16. The van der Waals surface area contributed by atoms with E-state index in [2.05, 4.69) is 10.0 Å². The molecule has 1 fully saturated rings. The van der Waals surface area contributed by atoms with E-state index in [1.54, 1.807) is 41.3 Å². The highest BCUT2D eigenvalue weighted by atomic mass is 32.2. The van der Waals surface area contributed by atoms with Crippen LogP contribution in [-0.2, 0) is 14.8 Å². The molecule has 1 aliphatic heterocycles. The van der Waals surface area contributed by atoms with Gasteiger partial charge in [0.05, 0.1) is 6.26 Å². The number of amides is 2. The van der Waals surface area contributed by atoms with Gasteiger partial charge in [-0.3, -0.25) is 14.3 Å². The highest BCUT2D eigenvalue weighted by molar-refractivity contribution is 7.92. The van der Waals surface area contributed by atoms with Crippen molar-refractivity contribution in [3.63, 3.8) is 0 Å². The lowest BCUT2D eigenvalue weighted by atomic mass is 10.2. The second-order valence-corrected chi connectivity index (χ2v) is 7.85. The van der Waals surface area contributed by atoms with Gasteiger partial charge < -0.3 is 10.2 Å². The number of benzene rings is 2. The van der Waals surface area contributed by atoms with E-state index in [0.717, 1.165) is 24.9 Å². The van der Waals surface area contributed by atoms with Crippen molar-refractivity contribution in [2.45, 2.75) is 12.8 Å². The van der Waals surface area contributed by atoms with Crippen molar-refractivity contribution in [2.75, 3.05) is 27.7 Å². The highest BCUT2D eigenvalue weighted by Crippen LogP contribution is 2.23. The van der Waals surface area contributed by atoms with Gasteiger partial charge in [-0.25, -0.2) is 8.42 Å². The SMILES string of the molecule is CS(=O)(=O)Nc1ccc(C(=O)Nc2ccc(N3CCCC3=O)cc2)cc1. The summed E-state index contributed by atoms with van der Waals surface area (Å²) in [6, 6.07) is 13.2. The first-order valence-electron chi connectivity index (χ1n) is 8.11. The molecule has 0 atom stereocenters. The van der Waals surface area contributed by atoms with E-state index in [9.17, 15) is 18.0 Å². The van der Waals surface area contributed by atoms with Gasteiger partial charge in [0.1, 0.15) is 0 Å². The maximum atomic E-state index is 12.3. The van der Waals surface area contributed by atoms with Gasteiger partial charge in [-0.1, -0.05) is 0 Å². The van der Waals surface area contributed by atoms with E-state index in [4.69, 9.17) is 0 Å². The number of carbonyl (C=O) groups is 2. The van der Waals surface area contributed by atoms with Gasteiger partial charge in [0.2, 0.25) is 15.9 Å². The van der Waals surface area contributed by atoms with Crippen LogP contribution in [0, 0.1) is 0 Å². The van der Waals surface area contributed by atoms with Gasteiger partial charge in [0, 0.05) is 35.6 Å². The molecular weight excluding hydrogens is 354 g/mol. The molecule has 0 saturated carbocycles. The molecule has 2 aromatic rings. The van der Waals surface area contributed by atoms with Crippen molar-refractivity contribution in [1.29, 1.82) is 0 Å². The minimum atomic E-state index is -3.35. The first-order valence-corrected chi connectivity index (χ1v) is 10.0. The molecule has 136 valence electrons. The molecule has 0 aromatic heterocycles. The van der Waals surface area contributed by atoms with Gasteiger partial charge in [-0.05, 0) is 55.0 Å². The Labute approximate surface area is 152 Å². The van der Waals surface area contributed by atoms with Crippen molar-refractivity contribution < 1.29 is 18.0 Å². The van der Waals surface area contributed by atoms with Crippen LogP contribution >= 0.6 is 0 Å². The fraction of sp³-hybridized carbons (Fsp3) is 0.222. The van der Waals surface area contributed by atoms with Crippen LogP contribution in [-0.4, -0.2) is 33.0 Å². The summed E-state index contributed by atoms with van der Waals surface area (Å²) in [5, 5.41) is 2.77. The summed E-state index contributed by atoms with van der Waals surface area (Å²) < 4.78 is 24.7. The third-order valence-electron chi connectivity index (χ3n) is 3.96. The summed E-state index contributed by atoms with van der Waals surface area (Å²) in [5.41, 5.74) is 2.23. The number of sulfonamides is 1. The maximum Gasteiger partial charge on any atom is 0.255 e. The first kappa shape index (κ1) is 17.9. The van der Waals surface area contributed by atoms with Crippen LogP contribution in [0.2, 0.25) is 0 Å². The van der Waals surface area contributed by atoms with Crippen molar-refractivity contribution in [1.82, 2.24) is 0 Å². The highest BCUT2D eigenvalue weighted by Gasteiger charge is 2.21. The normalized spacial score (nSPS) is 14.3. The standard InChI is InChI=1S/C18H19N3O4S/c1-26(24,25)20-15-6-4-13(5-7-15)18(23)19-14-8-10-16(11-9-14)21-12-2-3-17(21)22/h4-11,20H,2-3,12H2,1H3,(H,19,23). The van der Waals surface area contributed by atoms with Gasteiger partial charge in [0.25, 0.3) is 5.91 Å². The Hall–Kier alpha value is -2.87. The molecule has 26 heavy (non-hydrogen) atoms. The molecule has 2 N–H and O–H groups in total. The van der Waals surface area contributed by atoms with Crippen molar-refractivity contribution in [2.24, 2.45) is 0 Å². The molecule has 8 heteroatoms. The quantitative estimate of drug-likeness (QED) is 0.841. The van der Waals surface area contributed by atoms with Crippen LogP contribution in [0.5, 0.6) is 0 Å². The molecule has 0 spiro atoms. The minimum absolute atomic E-state index is 0.115. The number of rotatable bonds is 5. The largest absolute Gasteiger partial charge is 0.322 e. The Morgan fingerprint density at radius 2 is 1.62 bits per heavy atom. The zero-order chi connectivity index (χ0) is 18.7. The zero-order valence-electron chi connectivity index (χ0n) is 14.2. The number of carbonyl (C=O) groups excluding carboxylic acids is 2. The molecule has 0 bridgehead atoms. The van der Waals surface area contributed by atoms with E-state index >= 15 is 0 Å². The van der Waals surface area contributed by atoms with Crippen LogP contribution in [0.4, 0.5) is 17.1 Å². The molecular formula is C18H19N3O4S. The predicted molar refractivity (Wildman–Crippen MR) is 101 cm³/mol. The van der Waals surface area contributed by atoms with Gasteiger partial charge in [0.15, 0.2) is 0 Å². The Balaban J connectivity index is 1.65. The topological polar surface area (TPSA) is 95.6 Å². The molecule has 0 aliphatic carbocycles. The van der Waals surface area contributed by atoms with Gasteiger partial charge in [-0.2, -0.15) is 0 Å². The fourth-order valence-corrected chi connectivity index (χ4v) is 3.32. The second-order valence-electron chi connectivity index (χ2n) is 6.10. The van der Waals surface area contributed by atoms with Crippen LogP contribution in [0.15, 0.2) is 48.5 Å². The monoisotopic (exact) mass is 373 g/mol. The second kappa shape index (κ2) is 7.17. The van der Waals surface area contributed by atoms with Crippen LogP contribution in [0.3, 0.4) is 0 Å². The summed E-state index contributed by atoms with van der Waals surface area (Å²) in [5.74, 6) is -0.189.